The standard InChI is InChI=1S/C5H8S/c1-3-4-5(2)6/h3,6H,1-2H3. The second kappa shape index (κ2) is 3.08. The van der Waals surface area contributed by atoms with Crippen molar-refractivity contribution in [1.29, 1.82) is 0 Å². The van der Waals surface area contributed by atoms with Crippen molar-refractivity contribution in [3.63, 3.8) is 0 Å². The van der Waals surface area contributed by atoms with Crippen LogP contribution >= 0.6 is 12.6 Å². The van der Waals surface area contributed by atoms with Gasteiger partial charge in [-0.1, -0.05) is 0 Å². The fourth-order valence-electron chi connectivity index (χ4n) is 0.209. The Kier molecular flexibility index (Phi) is 3.01. The molecular formula is C5H8S. The van der Waals surface area contributed by atoms with Crippen molar-refractivity contribution < 1.29 is 0 Å². The molecule has 0 N–H and O–H groups in total. The lowest BCUT2D eigenvalue weighted by Crippen LogP contribution is -1.43. The van der Waals surface area contributed by atoms with Gasteiger partial charge in [-0.05, 0) is 19.9 Å². The van der Waals surface area contributed by atoms with Crippen molar-refractivity contribution in [2.75, 3.05) is 0 Å². The van der Waals surface area contributed by atoms with Gasteiger partial charge in [-0.2, -0.15) is 0 Å². The summed E-state index contributed by atoms with van der Waals surface area (Å²) in [6.45, 7) is 3.81. The quantitative estimate of drug-likeness (QED) is 0.349. The fraction of sp³-hybridized carbons (Fsp3) is 0.400. The number of rotatable bonds is 0. The topological polar surface area (TPSA) is 0 Å². The van der Waals surface area contributed by atoms with Gasteiger partial charge in [0.1, 0.15) is 0 Å². The predicted molar refractivity (Wildman–Crippen MR) is 31.9 cm³/mol. The van der Waals surface area contributed by atoms with Gasteiger partial charge in [0, 0.05) is 4.91 Å². The SMILES string of the molecule is CC=C=C(C)S. The molecule has 1 heteroatoms. The summed E-state index contributed by atoms with van der Waals surface area (Å²) in [4.78, 5) is 0.928. The average molecular weight is 100 g/mol. The molecule has 0 atom stereocenters. The molecule has 0 rings (SSSR count). The Hall–Kier alpha value is -0.130. The first-order valence-electron chi connectivity index (χ1n) is 1.84. The van der Waals surface area contributed by atoms with Crippen molar-refractivity contribution in [2.45, 2.75) is 13.8 Å². The zero-order valence-electron chi connectivity index (χ0n) is 4.02. The Bertz CT molecular complexity index is 82.1. The lowest BCUT2D eigenvalue weighted by Gasteiger charge is -1.69. The number of hydrogen-bond donors (Lipinski definition) is 1. The van der Waals surface area contributed by atoms with Gasteiger partial charge in [-0.3, -0.25) is 0 Å². The van der Waals surface area contributed by atoms with Crippen LogP contribution in [0.4, 0.5) is 0 Å². The minimum atomic E-state index is 0.928. The van der Waals surface area contributed by atoms with Crippen molar-refractivity contribution in [3.05, 3.63) is 16.7 Å². The van der Waals surface area contributed by atoms with Gasteiger partial charge in [0.05, 0.1) is 0 Å². The van der Waals surface area contributed by atoms with E-state index in [1.165, 1.54) is 0 Å². The van der Waals surface area contributed by atoms with Crippen molar-refractivity contribution in [3.8, 4) is 0 Å². The van der Waals surface area contributed by atoms with Gasteiger partial charge in [0.25, 0.3) is 0 Å². The maximum Gasteiger partial charge on any atom is 0.0200 e. The van der Waals surface area contributed by atoms with Crippen LogP contribution in [0.2, 0.25) is 0 Å². The molecule has 0 nitrogen and oxygen atoms in total. The normalized spacial score (nSPS) is 6.50. The van der Waals surface area contributed by atoms with E-state index >= 15 is 0 Å². The van der Waals surface area contributed by atoms with Crippen molar-refractivity contribution in [2.24, 2.45) is 0 Å². The molecule has 0 fully saturated rings. The molecule has 0 bridgehead atoms. The van der Waals surface area contributed by atoms with Crippen LogP contribution in [0.25, 0.3) is 0 Å². The molecule has 0 radical (unpaired) electrons. The molecule has 0 aliphatic heterocycles. The summed E-state index contributed by atoms with van der Waals surface area (Å²) in [7, 11) is 0. The zero-order chi connectivity index (χ0) is 4.99. The molecule has 6 heavy (non-hydrogen) atoms. The van der Waals surface area contributed by atoms with Crippen LogP contribution in [0.15, 0.2) is 16.7 Å². The average Bonchev–Trinajstić information content (AvgIpc) is 1.35. The van der Waals surface area contributed by atoms with E-state index in [4.69, 9.17) is 0 Å². The molecule has 0 aromatic rings. The van der Waals surface area contributed by atoms with Gasteiger partial charge in [0.2, 0.25) is 0 Å². The van der Waals surface area contributed by atoms with E-state index in [-0.39, 0.29) is 0 Å². The van der Waals surface area contributed by atoms with Gasteiger partial charge in [-0.25, -0.2) is 0 Å². The van der Waals surface area contributed by atoms with Crippen molar-refractivity contribution in [1.82, 2.24) is 0 Å². The Labute approximate surface area is 44.0 Å². The van der Waals surface area contributed by atoms with E-state index < -0.39 is 0 Å². The fourth-order valence-corrected chi connectivity index (χ4v) is 0.338. The molecule has 0 aliphatic carbocycles. The first-order valence-corrected chi connectivity index (χ1v) is 2.29. The maximum absolute atomic E-state index is 3.95. The summed E-state index contributed by atoms with van der Waals surface area (Å²) < 4.78 is 0. The summed E-state index contributed by atoms with van der Waals surface area (Å²) in [6.07, 6.45) is 1.84. The summed E-state index contributed by atoms with van der Waals surface area (Å²) >= 11 is 3.95. The maximum atomic E-state index is 3.95. The second-order valence-electron chi connectivity index (χ2n) is 1.02. The molecule has 0 spiro atoms. The minimum Gasteiger partial charge on any atom is -0.140 e. The monoisotopic (exact) mass is 100 g/mol. The van der Waals surface area contributed by atoms with Crippen LogP contribution in [0.1, 0.15) is 13.8 Å². The van der Waals surface area contributed by atoms with Crippen LogP contribution in [0.3, 0.4) is 0 Å². The van der Waals surface area contributed by atoms with Gasteiger partial charge >= 0.3 is 0 Å². The molecule has 0 unspecified atom stereocenters. The lowest BCUT2D eigenvalue weighted by atomic mass is 10.6. The molecule has 0 amide bonds. The largest absolute Gasteiger partial charge is 0.140 e. The van der Waals surface area contributed by atoms with Crippen molar-refractivity contribution >= 4 is 12.6 Å². The van der Waals surface area contributed by atoms with E-state index in [2.05, 4.69) is 18.4 Å². The smallest absolute Gasteiger partial charge is 0.0200 e. The molecule has 0 heterocycles. The Morgan fingerprint density at radius 2 is 2.33 bits per heavy atom. The first-order chi connectivity index (χ1) is 2.77. The molecule has 0 aromatic heterocycles. The summed E-state index contributed by atoms with van der Waals surface area (Å²) in [5.41, 5.74) is 2.86. The summed E-state index contributed by atoms with van der Waals surface area (Å²) in [5.74, 6) is 0. The van der Waals surface area contributed by atoms with Gasteiger partial charge in [-0.15, -0.1) is 18.4 Å². The number of allylic oxidation sites excluding steroid dienone is 1. The third-order valence-electron chi connectivity index (χ3n) is 0.353. The van der Waals surface area contributed by atoms with E-state index in [1.807, 2.05) is 19.9 Å². The van der Waals surface area contributed by atoms with E-state index in [1.54, 1.807) is 0 Å². The van der Waals surface area contributed by atoms with Gasteiger partial charge < -0.3 is 0 Å². The second-order valence-corrected chi connectivity index (χ2v) is 1.69. The van der Waals surface area contributed by atoms with Crippen LogP contribution in [-0.4, -0.2) is 0 Å². The van der Waals surface area contributed by atoms with Crippen LogP contribution in [0.5, 0.6) is 0 Å². The lowest BCUT2D eigenvalue weighted by molar-refractivity contribution is 1.67. The van der Waals surface area contributed by atoms with E-state index in [9.17, 15) is 0 Å². The highest BCUT2D eigenvalue weighted by atomic mass is 32.1. The molecular weight excluding hydrogens is 92.1 g/mol. The zero-order valence-corrected chi connectivity index (χ0v) is 4.92. The molecule has 0 saturated carbocycles. The van der Waals surface area contributed by atoms with Crippen LogP contribution in [-0.2, 0) is 0 Å². The van der Waals surface area contributed by atoms with E-state index in [0.717, 1.165) is 4.91 Å². The van der Waals surface area contributed by atoms with Crippen LogP contribution < -0.4 is 0 Å². The third kappa shape index (κ3) is 3.87. The van der Waals surface area contributed by atoms with Crippen LogP contribution in [0, 0.1) is 0 Å². The highest BCUT2D eigenvalue weighted by molar-refractivity contribution is 7.84. The molecule has 0 saturated heterocycles. The minimum absolute atomic E-state index is 0.928. The first kappa shape index (κ1) is 5.87. The molecule has 34 valence electrons. The summed E-state index contributed by atoms with van der Waals surface area (Å²) in [6, 6.07) is 0. The Morgan fingerprint density at radius 1 is 1.83 bits per heavy atom. The highest BCUT2D eigenvalue weighted by Gasteiger charge is 1.61. The van der Waals surface area contributed by atoms with Gasteiger partial charge in [0.15, 0.2) is 0 Å². The Morgan fingerprint density at radius 3 is 2.33 bits per heavy atom. The number of hydrogen-bond acceptors (Lipinski definition) is 1. The van der Waals surface area contributed by atoms with E-state index in [0.29, 0.717) is 0 Å². The predicted octanol–water partition coefficient (Wildman–Crippen LogP) is 2.00. The molecule has 0 aliphatic rings. The summed E-state index contributed by atoms with van der Waals surface area (Å²) in [5, 5.41) is 0. The number of thiol groups is 1. The molecule has 0 aromatic carbocycles. The Balaban J connectivity index is 3.73. The third-order valence-corrected chi connectivity index (χ3v) is 0.482. The highest BCUT2D eigenvalue weighted by Crippen LogP contribution is 1.90.